The lowest BCUT2D eigenvalue weighted by Gasteiger charge is -2.09. The molecule has 0 radical (unpaired) electrons. The summed E-state index contributed by atoms with van der Waals surface area (Å²) < 4.78 is 9.21. The number of carbonyl (C=O) groups excluding carboxylic acids is 3. The Morgan fingerprint density at radius 2 is 1.72 bits per heavy atom. The van der Waals surface area contributed by atoms with Gasteiger partial charge in [-0.1, -0.05) is 24.3 Å². The molecule has 10 nitrogen and oxygen atoms in total. The lowest BCUT2D eigenvalue weighted by molar-refractivity contribution is -0.139. The van der Waals surface area contributed by atoms with Crippen molar-refractivity contribution in [3.63, 3.8) is 0 Å². The van der Waals surface area contributed by atoms with Gasteiger partial charge in [0.25, 0.3) is 0 Å². The first-order valence-corrected chi connectivity index (χ1v) is 9.80. The third-order valence-corrected chi connectivity index (χ3v) is 4.45. The Morgan fingerprint density at radius 3 is 2.41 bits per heavy atom. The van der Waals surface area contributed by atoms with Crippen molar-refractivity contribution in [1.29, 1.82) is 0 Å². The number of para-hydroxylation sites is 1. The van der Waals surface area contributed by atoms with Gasteiger partial charge in [-0.05, 0) is 30.2 Å². The summed E-state index contributed by atoms with van der Waals surface area (Å²) in [7, 11) is 1.19. The number of phenols is 1. The molecule has 0 bridgehead atoms. The van der Waals surface area contributed by atoms with E-state index in [2.05, 4.69) is 20.3 Å². The summed E-state index contributed by atoms with van der Waals surface area (Å²) in [6, 6.07) is 12.6. The molecule has 1 amide bonds. The number of aromatic hydroxyl groups is 1. The van der Waals surface area contributed by atoms with Crippen LogP contribution in [0.4, 0.5) is 0 Å². The van der Waals surface area contributed by atoms with Gasteiger partial charge in [0.15, 0.2) is 0 Å². The SMILES string of the molecule is COC(=O)C=CC(=O)OCCNC(=O)CCc1cccc(-n2nc3ccccc3n2)c1O. The number of nitrogens with one attached hydrogen (secondary N) is 1. The average Bonchev–Trinajstić information content (AvgIpc) is 3.23. The minimum Gasteiger partial charge on any atom is -0.505 e. The van der Waals surface area contributed by atoms with Crippen molar-refractivity contribution in [3.05, 3.63) is 60.2 Å². The van der Waals surface area contributed by atoms with E-state index in [0.717, 1.165) is 12.2 Å². The third kappa shape index (κ3) is 5.91. The van der Waals surface area contributed by atoms with Gasteiger partial charge in [0, 0.05) is 18.6 Å². The van der Waals surface area contributed by atoms with Crippen molar-refractivity contribution in [2.75, 3.05) is 20.3 Å². The highest BCUT2D eigenvalue weighted by atomic mass is 16.5. The molecule has 2 aromatic carbocycles. The van der Waals surface area contributed by atoms with E-state index in [-0.39, 0.29) is 31.2 Å². The molecule has 0 atom stereocenters. The number of nitrogens with zero attached hydrogens (tertiary/aromatic N) is 3. The summed E-state index contributed by atoms with van der Waals surface area (Å²) in [5.41, 5.74) is 2.42. The van der Waals surface area contributed by atoms with Crippen molar-refractivity contribution in [2.24, 2.45) is 0 Å². The number of hydrogen-bond acceptors (Lipinski definition) is 8. The second-order valence-corrected chi connectivity index (χ2v) is 6.64. The normalized spacial score (nSPS) is 10.9. The van der Waals surface area contributed by atoms with Crippen LogP contribution < -0.4 is 5.32 Å². The van der Waals surface area contributed by atoms with Crippen molar-refractivity contribution in [2.45, 2.75) is 12.8 Å². The van der Waals surface area contributed by atoms with E-state index in [4.69, 9.17) is 4.74 Å². The van der Waals surface area contributed by atoms with Crippen LogP contribution in [0.25, 0.3) is 16.7 Å². The van der Waals surface area contributed by atoms with Gasteiger partial charge in [0.05, 0.1) is 13.7 Å². The predicted octanol–water partition coefficient (Wildman–Crippen LogP) is 1.45. The molecule has 3 aromatic rings. The molecular formula is C22H22N4O6. The maximum atomic E-state index is 12.1. The largest absolute Gasteiger partial charge is 0.505 e. The fourth-order valence-electron chi connectivity index (χ4n) is 2.84. The Bertz CT molecular complexity index is 1120. The third-order valence-electron chi connectivity index (χ3n) is 4.45. The van der Waals surface area contributed by atoms with E-state index in [1.54, 1.807) is 18.2 Å². The van der Waals surface area contributed by atoms with Crippen LogP contribution in [0.3, 0.4) is 0 Å². The Hall–Kier alpha value is -4.21. The zero-order chi connectivity index (χ0) is 22.9. The second-order valence-electron chi connectivity index (χ2n) is 6.64. The quantitative estimate of drug-likeness (QED) is 0.291. The molecule has 0 fully saturated rings. The number of phenolic OH excluding ortho intramolecular Hbond substituents is 1. The number of fused-ring (bicyclic) bond motifs is 1. The standard InChI is InChI=1S/C22H22N4O6/c1-31-20(28)11-12-21(29)32-14-13-23-19(27)10-9-15-5-4-8-18(22(15)30)26-24-16-6-2-3-7-17(16)25-26/h2-8,11-12,30H,9-10,13-14H2,1H3,(H,23,27). The topological polar surface area (TPSA) is 133 Å². The minimum absolute atomic E-state index is 0.00642. The number of aryl methyl sites for hydroxylation is 1. The number of rotatable bonds is 9. The van der Waals surface area contributed by atoms with Gasteiger partial charge in [-0.3, -0.25) is 4.79 Å². The van der Waals surface area contributed by atoms with Gasteiger partial charge < -0.3 is 19.9 Å². The Morgan fingerprint density at radius 1 is 1.03 bits per heavy atom. The summed E-state index contributed by atoms with van der Waals surface area (Å²) in [4.78, 5) is 35.7. The maximum Gasteiger partial charge on any atom is 0.331 e. The number of aromatic nitrogens is 3. The first-order chi connectivity index (χ1) is 15.5. The summed E-state index contributed by atoms with van der Waals surface area (Å²) in [5, 5.41) is 22.0. The molecule has 0 saturated heterocycles. The van der Waals surface area contributed by atoms with Gasteiger partial charge in [-0.25, -0.2) is 9.59 Å². The molecule has 10 heteroatoms. The number of carbonyl (C=O) groups is 3. The van der Waals surface area contributed by atoms with Crippen molar-refractivity contribution >= 4 is 28.9 Å². The van der Waals surface area contributed by atoms with Crippen molar-refractivity contribution in [3.8, 4) is 11.4 Å². The number of methoxy groups -OCH3 is 1. The van der Waals surface area contributed by atoms with Crippen LogP contribution in [0.1, 0.15) is 12.0 Å². The maximum absolute atomic E-state index is 12.1. The summed E-state index contributed by atoms with van der Waals surface area (Å²) >= 11 is 0. The fraction of sp³-hybridized carbons (Fsp3) is 0.227. The number of hydrogen-bond donors (Lipinski definition) is 2. The number of esters is 2. The van der Waals surface area contributed by atoms with E-state index in [0.29, 0.717) is 28.7 Å². The fourth-order valence-corrected chi connectivity index (χ4v) is 2.84. The monoisotopic (exact) mass is 438 g/mol. The minimum atomic E-state index is -0.716. The zero-order valence-electron chi connectivity index (χ0n) is 17.4. The zero-order valence-corrected chi connectivity index (χ0v) is 17.4. The number of ether oxygens (including phenoxy) is 2. The van der Waals surface area contributed by atoms with Crippen LogP contribution in [-0.2, 0) is 30.3 Å². The molecule has 1 heterocycles. The number of benzene rings is 2. The van der Waals surface area contributed by atoms with Crippen LogP contribution in [0.15, 0.2) is 54.6 Å². The van der Waals surface area contributed by atoms with Crippen LogP contribution >= 0.6 is 0 Å². The van der Waals surface area contributed by atoms with Gasteiger partial charge in [0.1, 0.15) is 29.1 Å². The van der Waals surface area contributed by atoms with E-state index in [1.807, 2.05) is 24.3 Å². The van der Waals surface area contributed by atoms with Gasteiger partial charge in [-0.2, -0.15) is 0 Å². The Balaban J connectivity index is 1.49. The van der Waals surface area contributed by atoms with Crippen LogP contribution in [0.2, 0.25) is 0 Å². The van der Waals surface area contributed by atoms with Crippen LogP contribution in [0.5, 0.6) is 5.75 Å². The average molecular weight is 438 g/mol. The highest BCUT2D eigenvalue weighted by Crippen LogP contribution is 2.27. The van der Waals surface area contributed by atoms with E-state index in [9.17, 15) is 19.5 Å². The highest BCUT2D eigenvalue weighted by molar-refractivity contribution is 5.91. The van der Waals surface area contributed by atoms with E-state index < -0.39 is 11.9 Å². The smallest absolute Gasteiger partial charge is 0.331 e. The molecule has 32 heavy (non-hydrogen) atoms. The Labute approximate surface area is 183 Å². The van der Waals surface area contributed by atoms with Crippen LogP contribution in [0, 0.1) is 0 Å². The molecule has 0 unspecified atom stereocenters. The summed E-state index contributed by atoms with van der Waals surface area (Å²) in [6.07, 6.45) is 2.32. The van der Waals surface area contributed by atoms with E-state index in [1.165, 1.54) is 11.9 Å². The van der Waals surface area contributed by atoms with Gasteiger partial charge in [0.2, 0.25) is 5.91 Å². The lowest BCUT2D eigenvalue weighted by Crippen LogP contribution is -2.28. The van der Waals surface area contributed by atoms with E-state index >= 15 is 0 Å². The van der Waals surface area contributed by atoms with Crippen LogP contribution in [-0.4, -0.2) is 58.2 Å². The predicted molar refractivity (Wildman–Crippen MR) is 114 cm³/mol. The molecule has 0 aliphatic heterocycles. The summed E-state index contributed by atoms with van der Waals surface area (Å²) in [5.74, 6) is -1.64. The molecule has 3 rings (SSSR count). The number of amides is 1. The molecule has 0 saturated carbocycles. The molecule has 0 spiro atoms. The van der Waals surface area contributed by atoms with Crippen molar-refractivity contribution < 1.29 is 29.0 Å². The molecule has 166 valence electrons. The molecule has 0 aliphatic rings. The molecule has 0 aliphatic carbocycles. The first-order valence-electron chi connectivity index (χ1n) is 9.80. The van der Waals surface area contributed by atoms with Crippen molar-refractivity contribution in [1.82, 2.24) is 20.3 Å². The first kappa shape index (κ1) is 22.5. The summed E-state index contributed by atoms with van der Waals surface area (Å²) in [6.45, 7) is 0.0712. The molecule has 2 N–H and O–H groups in total. The second kappa shape index (κ2) is 10.7. The highest BCUT2D eigenvalue weighted by Gasteiger charge is 2.13. The van der Waals surface area contributed by atoms with Gasteiger partial charge in [-0.15, -0.1) is 15.0 Å². The molecular weight excluding hydrogens is 416 g/mol. The lowest BCUT2D eigenvalue weighted by atomic mass is 10.1. The molecule has 1 aromatic heterocycles. The Kier molecular flexibility index (Phi) is 7.52. The van der Waals surface area contributed by atoms with Gasteiger partial charge >= 0.3 is 11.9 Å².